The third kappa shape index (κ3) is 9.28. The number of carbonyl (C=O) groups excluding carboxylic acids is 1. The predicted molar refractivity (Wildman–Crippen MR) is 154 cm³/mol. The fraction of sp³-hybridized carbons (Fsp3) is 0.344. The van der Waals surface area contributed by atoms with Gasteiger partial charge in [-0.25, -0.2) is 4.68 Å². The first-order chi connectivity index (χ1) is 19.2. The Kier molecular flexibility index (Phi) is 11.0. The Bertz CT molecular complexity index is 1340. The summed E-state index contributed by atoms with van der Waals surface area (Å²) >= 11 is 0. The monoisotopic (exact) mass is 522 g/mol. The van der Waals surface area contributed by atoms with Crippen LogP contribution in [0.2, 0.25) is 0 Å². The second-order valence-electron chi connectivity index (χ2n) is 9.82. The molecular formula is C32H38N6O. The van der Waals surface area contributed by atoms with Crippen LogP contribution in [0.1, 0.15) is 63.5 Å². The van der Waals surface area contributed by atoms with Crippen molar-refractivity contribution in [2.75, 3.05) is 0 Å². The number of aryl methyl sites for hydroxylation is 1. The van der Waals surface area contributed by atoms with Crippen LogP contribution in [0.25, 0.3) is 22.5 Å². The average molecular weight is 523 g/mol. The van der Waals surface area contributed by atoms with Crippen LogP contribution in [0.3, 0.4) is 0 Å². The van der Waals surface area contributed by atoms with E-state index in [0.29, 0.717) is 18.5 Å². The zero-order chi connectivity index (χ0) is 27.1. The standard InChI is InChI=1S/C32H38N6O/c33-31-23-22-30(27-17-11-8-12-18-27)37-38(31)24-14-6-4-2-1-3-5-13-19-32(39)34-25-28-20-21-29(36-35-28)26-15-9-7-10-16-26/h7-12,15-18,20-23,33H,1-6,13-14,19,24-25H2,(H,34,39). The van der Waals surface area contributed by atoms with Gasteiger partial charge in [-0.1, -0.05) is 99.2 Å². The van der Waals surface area contributed by atoms with Crippen molar-refractivity contribution in [1.29, 1.82) is 5.41 Å². The van der Waals surface area contributed by atoms with E-state index in [4.69, 9.17) is 5.41 Å². The number of nitrogens with one attached hydrogen (secondary N) is 2. The van der Waals surface area contributed by atoms with Gasteiger partial charge in [-0.3, -0.25) is 10.2 Å². The lowest BCUT2D eigenvalue weighted by molar-refractivity contribution is -0.121. The van der Waals surface area contributed by atoms with Gasteiger partial charge < -0.3 is 5.32 Å². The molecule has 0 aliphatic carbocycles. The summed E-state index contributed by atoms with van der Waals surface area (Å²) in [4.78, 5) is 12.2. The van der Waals surface area contributed by atoms with Gasteiger partial charge in [-0.2, -0.15) is 15.3 Å². The molecule has 202 valence electrons. The minimum Gasteiger partial charge on any atom is -0.350 e. The number of benzene rings is 2. The summed E-state index contributed by atoms with van der Waals surface area (Å²) < 4.78 is 1.81. The molecule has 0 saturated carbocycles. The van der Waals surface area contributed by atoms with Crippen molar-refractivity contribution in [1.82, 2.24) is 25.3 Å². The van der Waals surface area contributed by atoms with Crippen LogP contribution in [-0.4, -0.2) is 25.9 Å². The van der Waals surface area contributed by atoms with Crippen molar-refractivity contribution in [3.05, 3.63) is 96.1 Å². The Balaban J connectivity index is 1.02. The molecule has 0 radical (unpaired) electrons. The fourth-order valence-electron chi connectivity index (χ4n) is 4.50. The maximum Gasteiger partial charge on any atom is 0.220 e. The Hall–Kier alpha value is -4.13. The van der Waals surface area contributed by atoms with Crippen molar-refractivity contribution < 1.29 is 4.79 Å². The van der Waals surface area contributed by atoms with E-state index < -0.39 is 0 Å². The number of hydrogen-bond donors (Lipinski definition) is 2. The first-order valence-electron chi connectivity index (χ1n) is 14.0. The number of hydrogen-bond acceptors (Lipinski definition) is 5. The van der Waals surface area contributed by atoms with Gasteiger partial charge >= 0.3 is 0 Å². The zero-order valence-electron chi connectivity index (χ0n) is 22.6. The van der Waals surface area contributed by atoms with Crippen LogP contribution >= 0.6 is 0 Å². The van der Waals surface area contributed by atoms with E-state index in [-0.39, 0.29) is 5.91 Å². The first-order valence-corrected chi connectivity index (χ1v) is 14.0. The van der Waals surface area contributed by atoms with Crippen LogP contribution in [0.15, 0.2) is 84.9 Å². The first kappa shape index (κ1) is 27.9. The van der Waals surface area contributed by atoms with Crippen LogP contribution in [0, 0.1) is 5.41 Å². The van der Waals surface area contributed by atoms with E-state index in [1.54, 1.807) is 4.68 Å². The molecular weight excluding hydrogens is 484 g/mol. The van der Waals surface area contributed by atoms with E-state index in [0.717, 1.165) is 66.9 Å². The molecule has 0 spiro atoms. The Morgan fingerprint density at radius 3 is 1.90 bits per heavy atom. The van der Waals surface area contributed by atoms with E-state index in [2.05, 4.69) is 20.6 Å². The fourth-order valence-corrected chi connectivity index (χ4v) is 4.50. The lowest BCUT2D eigenvalue weighted by Crippen LogP contribution is -2.23. The van der Waals surface area contributed by atoms with Crippen molar-refractivity contribution in [3.8, 4) is 22.5 Å². The Labute approximate surface area is 230 Å². The minimum absolute atomic E-state index is 0.0696. The van der Waals surface area contributed by atoms with Crippen molar-refractivity contribution >= 4 is 5.91 Å². The molecule has 0 unspecified atom stereocenters. The smallest absolute Gasteiger partial charge is 0.220 e. The molecule has 0 atom stereocenters. The second kappa shape index (κ2) is 15.3. The molecule has 2 aromatic carbocycles. The van der Waals surface area contributed by atoms with Crippen LogP contribution < -0.4 is 10.8 Å². The van der Waals surface area contributed by atoms with Gasteiger partial charge in [-0.15, -0.1) is 0 Å². The quantitative estimate of drug-likeness (QED) is 0.179. The minimum atomic E-state index is 0.0696. The molecule has 0 fully saturated rings. The maximum absolute atomic E-state index is 12.2. The highest BCUT2D eigenvalue weighted by atomic mass is 16.1. The molecule has 39 heavy (non-hydrogen) atoms. The molecule has 2 aromatic heterocycles. The highest BCUT2D eigenvalue weighted by Gasteiger charge is 2.05. The summed E-state index contributed by atoms with van der Waals surface area (Å²) in [6.07, 6.45) is 9.47. The van der Waals surface area contributed by atoms with Crippen molar-refractivity contribution in [2.45, 2.75) is 70.9 Å². The maximum atomic E-state index is 12.2. The lowest BCUT2D eigenvalue weighted by atomic mass is 10.1. The van der Waals surface area contributed by atoms with E-state index >= 15 is 0 Å². The second-order valence-corrected chi connectivity index (χ2v) is 9.82. The predicted octanol–water partition coefficient (Wildman–Crippen LogP) is 6.31. The largest absolute Gasteiger partial charge is 0.350 e. The van der Waals surface area contributed by atoms with Gasteiger partial charge in [-0.05, 0) is 37.1 Å². The molecule has 4 aromatic rings. The van der Waals surface area contributed by atoms with E-state index in [9.17, 15) is 4.79 Å². The number of carbonyl (C=O) groups is 1. The number of unbranched alkanes of at least 4 members (excludes halogenated alkanes) is 7. The average Bonchev–Trinajstić information content (AvgIpc) is 2.99. The highest BCUT2D eigenvalue weighted by Crippen LogP contribution is 2.16. The SMILES string of the molecule is N=c1ccc(-c2ccccc2)nn1CCCCCCCCCCC(=O)NCc1ccc(-c2ccccc2)nn1. The summed E-state index contributed by atoms with van der Waals surface area (Å²) in [5.41, 5.74) is 5.06. The molecule has 2 heterocycles. The number of rotatable bonds is 15. The van der Waals surface area contributed by atoms with Gasteiger partial charge in [0, 0.05) is 24.1 Å². The van der Waals surface area contributed by atoms with Crippen molar-refractivity contribution in [2.24, 2.45) is 0 Å². The summed E-state index contributed by atoms with van der Waals surface area (Å²) in [5, 5.41) is 24.3. The normalized spacial score (nSPS) is 10.9. The van der Waals surface area contributed by atoms with Gasteiger partial charge in [0.1, 0.15) is 5.49 Å². The Morgan fingerprint density at radius 2 is 1.26 bits per heavy atom. The van der Waals surface area contributed by atoms with Gasteiger partial charge in [0.05, 0.1) is 23.6 Å². The molecule has 0 saturated heterocycles. The number of nitrogens with zero attached hydrogens (tertiary/aromatic N) is 4. The summed E-state index contributed by atoms with van der Waals surface area (Å²) in [7, 11) is 0. The molecule has 4 rings (SSSR count). The molecule has 0 bridgehead atoms. The molecule has 2 N–H and O–H groups in total. The van der Waals surface area contributed by atoms with Gasteiger partial charge in [0.15, 0.2) is 0 Å². The highest BCUT2D eigenvalue weighted by molar-refractivity contribution is 5.75. The summed E-state index contributed by atoms with van der Waals surface area (Å²) in [5.74, 6) is 0.0696. The summed E-state index contributed by atoms with van der Waals surface area (Å²) in [6, 6.07) is 27.6. The van der Waals surface area contributed by atoms with Crippen LogP contribution in [-0.2, 0) is 17.9 Å². The number of amides is 1. The van der Waals surface area contributed by atoms with E-state index in [1.165, 1.54) is 19.3 Å². The van der Waals surface area contributed by atoms with Gasteiger partial charge in [0.2, 0.25) is 5.91 Å². The van der Waals surface area contributed by atoms with Crippen LogP contribution in [0.4, 0.5) is 0 Å². The molecule has 7 heteroatoms. The van der Waals surface area contributed by atoms with Crippen LogP contribution in [0.5, 0.6) is 0 Å². The molecule has 0 aliphatic heterocycles. The topological polar surface area (TPSA) is 96.5 Å². The summed E-state index contributed by atoms with van der Waals surface area (Å²) in [6.45, 7) is 1.18. The van der Waals surface area contributed by atoms with Crippen molar-refractivity contribution in [3.63, 3.8) is 0 Å². The lowest BCUT2D eigenvalue weighted by Gasteiger charge is -2.08. The zero-order valence-corrected chi connectivity index (χ0v) is 22.6. The molecule has 1 amide bonds. The Morgan fingerprint density at radius 1 is 0.667 bits per heavy atom. The van der Waals surface area contributed by atoms with E-state index in [1.807, 2.05) is 84.9 Å². The molecule has 0 aliphatic rings. The molecule has 7 nitrogen and oxygen atoms in total. The third-order valence-electron chi connectivity index (χ3n) is 6.75. The third-order valence-corrected chi connectivity index (χ3v) is 6.75. The van der Waals surface area contributed by atoms with Gasteiger partial charge in [0.25, 0.3) is 0 Å². The number of aromatic nitrogens is 4.